The number of aromatic nitrogens is 1. The van der Waals surface area contributed by atoms with Crippen LogP contribution in [0, 0.1) is 0 Å². The van der Waals surface area contributed by atoms with Crippen LogP contribution in [0.15, 0.2) is 11.6 Å². The van der Waals surface area contributed by atoms with Crippen molar-refractivity contribution >= 4 is 11.3 Å². The highest BCUT2D eigenvalue weighted by atomic mass is 32.1. The first-order chi connectivity index (χ1) is 7.86. The molecule has 1 aromatic heterocycles. The Hall–Kier alpha value is -0.490. The summed E-state index contributed by atoms with van der Waals surface area (Å²) in [5.74, 6) is -0.310. The van der Waals surface area contributed by atoms with E-state index in [2.05, 4.69) is 9.88 Å². The first-order valence-electron chi connectivity index (χ1n) is 5.75. The predicted octanol–water partition coefficient (Wildman–Crippen LogP) is 1.48. The van der Waals surface area contributed by atoms with E-state index in [0.717, 1.165) is 45.7 Å². The van der Waals surface area contributed by atoms with Gasteiger partial charge in [0.05, 0.1) is 26.3 Å². The van der Waals surface area contributed by atoms with Crippen molar-refractivity contribution in [3.05, 3.63) is 16.6 Å². The maximum atomic E-state index is 5.75. The summed E-state index contributed by atoms with van der Waals surface area (Å²) in [7, 11) is 0. The first-order valence-corrected chi connectivity index (χ1v) is 6.63. The van der Waals surface area contributed by atoms with Gasteiger partial charge >= 0.3 is 0 Å². The van der Waals surface area contributed by atoms with Crippen molar-refractivity contribution < 1.29 is 9.47 Å². The van der Waals surface area contributed by atoms with Crippen molar-refractivity contribution in [1.82, 2.24) is 9.88 Å². The molecular formula is C11H16N2O2S. The Morgan fingerprint density at radius 1 is 1.44 bits per heavy atom. The van der Waals surface area contributed by atoms with Crippen LogP contribution < -0.4 is 0 Å². The van der Waals surface area contributed by atoms with Crippen molar-refractivity contribution in [2.45, 2.75) is 25.2 Å². The molecule has 0 N–H and O–H groups in total. The third-order valence-electron chi connectivity index (χ3n) is 3.15. The van der Waals surface area contributed by atoms with E-state index in [9.17, 15) is 0 Å². The number of rotatable bonds is 2. The molecule has 1 aromatic rings. The minimum Gasteiger partial charge on any atom is -0.346 e. The molecule has 2 saturated heterocycles. The molecule has 2 aliphatic heterocycles. The monoisotopic (exact) mass is 240 g/mol. The van der Waals surface area contributed by atoms with Crippen LogP contribution in [-0.4, -0.2) is 42.0 Å². The molecule has 0 atom stereocenters. The maximum absolute atomic E-state index is 5.75. The third-order valence-corrected chi connectivity index (χ3v) is 3.92. The molecule has 0 bridgehead atoms. The Morgan fingerprint density at radius 2 is 2.31 bits per heavy atom. The molecule has 0 unspecified atom stereocenters. The predicted molar refractivity (Wildman–Crippen MR) is 61.3 cm³/mol. The number of nitrogens with zero attached hydrogens (tertiary/aromatic N) is 2. The van der Waals surface area contributed by atoms with Gasteiger partial charge in [0.2, 0.25) is 0 Å². The second kappa shape index (κ2) is 4.41. The summed E-state index contributed by atoms with van der Waals surface area (Å²) in [6.45, 7) is 4.41. The van der Waals surface area contributed by atoms with Crippen LogP contribution >= 0.6 is 11.3 Å². The number of ether oxygens (including phenoxy) is 2. The van der Waals surface area contributed by atoms with E-state index >= 15 is 0 Å². The molecule has 2 aliphatic rings. The molecule has 4 nitrogen and oxygen atoms in total. The SMILES string of the molecule is c1csc(CN2CCCC3(C2)OCCO3)n1. The highest BCUT2D eigenvalue weighted by Gasteiger charge is 2.40. The lowest BCUT2D eigenvalue weighted by Gasteiger charge is -2.38. The van der Waals surface area contributed by atoms with Gasteiger partial charge in [0, 0.05) is 18.0 Å². The number of hydrogen-bond donors (Lipinski definition) is 0. The van der Waals surface area contributed by atoms with E-state index in [1.165, 1.54) is 5.01 Å². The second-order valence-electron chi connectivity index (χ2n) is 4.35. The fourth-order valence-electron chi connectivity index (χ4n) is 2.46. The summed E-state index contributed by atoms with van der Waals surface area (Å²) in [6, 6.07) is 0. The molecule has 0 saturated carbocycles. The van der Waals surface area contributed by atoms with Crippen LogP contribution in [0.3, 0.4) is 0 Å². The summed E-state index contributed by atoms with van der Waals surface area (Å²) in [4.78, 5) is 6.70. The highest BCUT2D eigenvalue weighted by Crippen LogP contribution is 2.30. The van der Waals surface area contributed by atoms with Gasteiger partial charge in [-0.2, -0.15) is 0 Å². The van der Waals surface area contributed by atoms with Crippen LogP contribution in [0.1, 0.15) is 17.8 Å². The Balaban J connectivity index is 1.63. The average molecular weight is 240 g/mol. The van der Waals surface area contributed by atoms with Crippen LogP contribution in [-0.2, 0) is 16.0 Å². The van der Waals surface area contributed by atoms with E-state index < -0.39 is 0 Å². The summed E-state index contributed by atoms with van der Waals surface area (Å²) in [5, 5.41) is 3.20. The molecule has 1 spiro atoms. The fourth-order valence-corrected chi connectivity index (χ4v) is 3.12. The van der Waals surface area contributed by atoms with Crippen LogP contribution in [0.4, 0.5) is 0 Å². The van der Waals surface area contributed by atoms with Gasteiger partial charge in [-0.1, -0.05) is 0 Å². The molecule has 3 heterocycles. The second-order valence-corrected chi connectivity index (χ2v) is 5.33. The van der Waals surface area contributed by atoms with Crippen molar-refractivity contribution in [3.63, 3.8) is 0 Å². The zero-order valence-electron chi connectivity index (χ0n) is 9.22. The molecule has 0 aliphatic carbocycles. The molecule has 16 heavy (non-hydrogen) atoms. The lowest BCUT2D eigenvalue weighted by atomic mass is 10.0. The number of piperidine rings is 1. The van der Waals surface area contributed by atoms with Gasteiger partial charge in [0.1, 0.15) is 5.01 Å². The van der Waals surface area contributed by atoms with Gasteiger partial charge in [-0.05, 0) is 13.0 Å². The number of hydrogen-bond acceptors (Lipinski definition) is 5. The molecule has 0 aromatic carbocycles. The molecule has 5 heteroatoms. The van der Waals surface area contributed by atoms with Gasteiger partial charge in [0.15, 0.2) is 5.79 Å². The summed E-state index contributed by atoms with van der Waals surface area (Å²) in [5.41, 5.74) is 0. The minimum absolute atomic E-state index is 0.310. The smallest absolute Gasteiger partial charge is 0.181 e. The molecule has 3 rings (SSSR count). The van der Waals surface area contributed by atoms with Gasteiger partial charge < -0.3 is 9.47 Å². The van der Waals surface area contributed by atoms with Crippen molar-refractivity contribution in [3.8, 4) is 0 Å². The normalized spacial score (nSPS) is 25.2. The van der Waals surface area contributed by atoms with Gasteiger partial charge in [-0.15, -0.1) is 11.3 Å². The average Bonchev–Trinajstić information content (AvgIpc) is 2.91. The number of likely N-dealkylation sites (tertiary alicyclic amines) is 1. The van der Waals surface area contributed by atoms with Gasteiger partial charge in [-0.25, -0.2) is 4.98 Å². The Bertz CT molecular complexity index is 336. The standard InChI is InChI=1S/C11H16N2O2S/c1-2-11(14-5-6-15-11)9-13(4-1)8-10-12-3-7-16-10/h3,7H,1-2,4-6,8-9H2. The molecular weight excluding hydrogens is 224 g/mol. The van der Waals surface area contributed by atoms with Crippen molar-refractivity contribution in [2.75, 3.05) is 26.3 Å². The van der Waals surface area contributed by atoms with Crippen LogP contribution in [0.25, 0.3) is 0 Å². The zero-order chi connectivity index (χ0) is 10.8. The van der Waals surface area contributed by atoms with Gasteiger partial charge in [-0.3, -0.25) is 4.90 Å². The molecule has 0 radical (unpaired) electrons. The summed E-state index contributed by atoms with van der Waals surface area (Å²) in [6.07, 6.45) is 4.04. The van der Waals surface area contributed by atoms with Gasteiger partial charge in [0.25, 0.3) is 0 Å². The lowest BCUT2D eigenvalue weighted by Crippen LogP contribution is -2.48. The topological polar surface area (TPSA) is 34.6 Å². The number of thiazole rings is 1. The van der Waals surface area contributed by atoms with E-state index in [1.807, 2.05) is 11.6 Å². The largest absolute Gasteiger partial charge is 0.346 e. The van der Waals surface area contributed by atoms with Crippen molar-refractivity contribution in [1.29, 1.82) is 0 Å². The molecule has 88 valence electrons. The van der Waals surface area contributed by atoms with E-state index in [4.69, 9.17) is 9.47 Å². The lowest BCUT2D eigenvalue weighted by molar-refractivity contribution is -0.190. The van der Waals surface area contributed by atoms with E-state index in [1.54, 1.807) is 11.3 Å². The van der Waals surface area contributed by atoms with E-state index in [-0.39, 0.29) is 5.79 Å². The van der Waals surface area contributed by atoms with Crippen LogP contribution in [0.2, 0.25) is 0 Å². The summed E-state index contributed by atoms with van der Waals surface area (Å²) < 4.78 is 11.5. The quantitative estimate of drug-likeness (QED) is 0.784. The zero-order valence-corrected chi connectivity index (χ0v) is 10.0. The van der Waals surface area contributed by atoms with Crippen molar-refractivity contribution in [2.24, 2.45) is 0 Å². The third kappa shape index (κ3) is 2.13. The Labute approximate surface area is 99.2 Å². The summed E-state index contributed by atoms with van der Waals surface area (Å²) >= 11 is 1.71. The van der Waals surface area contributed by atoms with E-state index in [0.29, 0.717) is 0 Å². The maximum Gasteiger partial charge on any atom is 0.181 e. The Morgan fingerprint density at radius 3 is 3.06 bits per heavy atom. The Kier molecular flexibility index (Phi) is 2.93. The molecule has 0 amide bonds. The van der Waals surface area contributed by atoms with Crippen LogP contribution in [0.5, 0.6) is 0 Å². The highest BCUT2D eigenvalue weighted by molar-refractivity contribution is 7.09. The molecule has 2 fully saturated rings. The fraction of sp³-hybridized carbons (Fsp3) is 0.727. The minimum atomic E-state index is -0.310. The first kappa shape index (κ1) is 10.7.